The molecule has 1 saturated carbocycles. The molecule has 0 atom stereocenters. The Bertz CT molecular complexity index is 661. The number of aromatic nitrogens is 2. The van der Waals surface area contributed by atoms with Gasteiger partial charge in [-0.3, -0.25) is 9.36 Å². The lowest BCUT2D eigenvalue weighted by molar-refractivity contribution is 0.312. The first-order chi connectivity index (χ1) is 8.75. The standard InChI is InChI=1S/C13H16N2O2S/c16-12-11-10(6-7-18-11)14-13(17)15(12)8-9-4-2-1-3-5-9/h6-7,9H,1-5,8H2,(H,14,17). The van der Waals surface area contributed by atoms with E-state index in [1.807, 2.05) is 5.38 Å². The molecule has 0 bridgehead atoms. The molecule has 4 nitrogen and oxygen atoms in total. The van der Waals surface area contributed by atoms with E-state index in [-0.39, 0.29) is 11.2 Å². The fourth-order valence-corrected chi connectivity index (χ4v) is 3.56. The molecule has 2 aromatic rings. The molecule has 3 rings (SSSR count). The molecule has 5 heteroatoms. The topological polar surface area (TPSA) is 54.9 Å². The average Bonchev–Trinajstić information content (AvgIpc) is 2.84. The van der Waals surface area contributed by atoms with Gasteiger partial charge in [0.25, 0.3) is 5.56 Å². The smallest absolute Gasteiger partial charge is 0.306 e. The van der Waals surface area contributed by atoms with Crippen molar-refractivity contribution in [2.45, 2.75) is 38.6 Å². The van der Waals surface area contributed by atoms with Crippen LogP contribution in [0.5, 0.6) is 0 Å². The molecule has 0 radical (unpaired) electrons. The number of nitrogens with zero attached hydrogens (tertiary/aromatic N) is 1. The highest BCUT2D eigenvalue weighted by Gasteiger charge is 2.17. The summed E-state index contributed by atoms with van der Waals surface area (Å²) in [6.45, 7) is 0.571. The van der Waals surface area contributed by atoms with Gasteiger partial charge in [0.15, 0.2) is 0 Å². The van der Waals surface area contributed by atoms with Crippen LogP contribution in [0.2, 0.25) is 0 Å². The van der Waals surface area contributed by atoms with Crippen LogP contribution >= 0.6 is 11.3 Å². The summed E-state index contributed by atoms with van der Waals surface area (Å²) in [5, 5.41) is 1.84. The van der Waals surface area contributed by atoms with Gasteiger partial charge in [0.05, 0.1) is 5.52 Å². The summed E-state index contributed by atoms with van der Waals surface area (Å²) >= 11 is 1.40. The molecule has 0 amide bonds. The van der Waals surface area contributed by atoms with Gasteiger partial charge in [-0.25, -0.2) is 4.79 Å². The van der Waals surface area contributed by atoms with Crippen LogP contribution in [0.4, 0.5) is 0 Å². The zero-order chi connectivity index (χ0) is 12.5. The first-order valence-electron chi connectivity index (χ1n) is 6.46. The molecule has 18 heavy (non-hydrogen) atoms. The van der Waals surface area contributed by atoms with E-state index in [2.05, 4.69) is 4.98 Å². The summed E-state index contributed by atoms with van der Waals surface area (Å²) in [4.78, 5) is 27.0. The van der Waals surface area contributed by atoms with E-state index in [0.717, 1.165) is 12.8 Å². The van der Waals surface area contributed by atoms with Crippen molar-refractivity contribution in [3.8, 4) is 0 Å². The molecule has 0 aliphatic heterocycles. The second kappa shape index (κ2) is 4.72. The Morgan fingerprint density at radius 2 is 2.06 bits per heavy atom. The van der Waals surface area contributed by atoms with Crippen molar-refractivity contribution >= 4 is 21.6 Å². The third kappa shape index (κ3) is 2.03. The largest absolute Gasteiger partial charge is 0.328 e. The highest BCUT2D eigenvalue weighted by Crippen LogP contribution is 2.24. The van der Waals surface area contributed by atoms with Crippen molar-refractivity contribution in [2.75, 3.05) is 0 Å². The molecule has 0 unspecified atom stereocenters. The summed E-state index contributed by atoms with van der Waals surface area (Å²) < 4.78 is 2.04. The Kier molecular flexibility index (Phi) is 3.07. The maximum Gasteiger partial charge on any atom is 0.328 e. The number of nitrogens with one attached hydrogen (secondary N) is 1. The van der Waals surface area contributed by atoms with Gasteiger partial charge in [0, 0.05) is 6.54 Å². The van der Waals surface area contributed by atoms with Crippen LogP contribution in [-0.4, -0.2) is 9.55 Å². The number of aromatic amines is 1. The molecule has 1 fully saturated rings. The SMILES string of the molecule is O=c1[nH]c2ccsc2c(=O)n1CC1CCCCC1. The first-order valence-corrected chi connectivity index (χ1v) is 7.34. The molecule has 0 aromatic carbocycles. The van der Waals surface area contributed by atoms with Gasteiger partial charge in [0.2, 0.25) is 0 Å². The van der Waals surface area contributed by atoms with E-state index in [4.69, 9.17) is 0 Å². The van der Waals surface area contributed by atoms with E-state index in [9.17, 15) is 9.59 Å². The van der Waals surface area contributed by atoms with Crippen LogP contribution in [0.1, 0.15) is 32.1 Å². The molecule has 1 aliphatic carbocycles. The number of rotatable bonds is 2. The van der Waals surface area contributed by atoms with Gasteiger partial charge < -0.3 is 4.98 Å². The molecular weight excluding hydrogens is 248 g/mol. The molecular formula is C13H16N2O2S. The predicted molar refractivity (Wildman–Crippen MR) is 73.3 cm³/mol. The summed E-state index contributed by atoms with van der Waals surface area (Å²) in [6.07, 6.45) is 5.99. The van der Waals surface area contributed by atoms with Crippen LogP contribution in [0.15, 0.2) is 21.0 Å². The van der Waals surface area contributed by atoms with Crippen molar-refractivity contribution in [1.82, 2.24) is 9.55 Å². The lowest BCUT2D eigenvalue weighted by Crippen LogP contribution is -2.37. The van der Waals surface area contributed by atoms with Gasteiger partial charge >= 0.3 is 5.69 Å². The number of hydrogen-bond acceptors (Lipinski definition) is 3. The third-order valence-corrected chi connectivity index (χ3v) is 4.66. The maximum absolute atomic E-state index is 12.2. The van der Waals surface area contributed by atoms with Gasteiger partial charge in [-0.2, -0.15) is 0 Å². The Labute approximate surface area is 108 Å². The maximum atomic E-state index is 12.2. The van der Waals surface area contributed by atoms with E-state index < -0.39 is 0 Å². The van der Waals surface area contributed by atoms with E-state index in [1.165, 1.54) is 35.2 Å². The molecule has 1 aliphatic rings. The van der Waals surface area contributed by atoms with Crippen LogP contribution in [0.3, 0.4) is 0 Å². The van der Waals surface area contributed by atoms with Gasteiger partial charge in [-0.05, 0) is 30.2 Å². The summed E-state index contributed by atoms with van der Waals surface area (Å²) in [5.41, 5.74) is 0.265. The highest BCUT2D eigenvalue weighted by atomic mass is 32.1. The Hall–Kier alpha value is -1.36. The van der Waals surface area contributed by atoms with Gasteiger partial charge in [-0.1, -0.05) is 19.3 Å². The van der Waals surface area contributed by atoms with E-state index in [1.54, 1.807) is 6.07 Å². The van der Waals surface area contributed by atoms with Crippen LogP contribution in [0.25, 0.3) is 10.2 Å². The fourth-order valence-electron chi connectivity index (χ4n) is 2.76. The minimum absolute atomic E-state index is 0.130. The molecule has 2 heterocycles. The zero-order valence-electron chi connectivity index (χ0n) is 10.1. The number of hydrogen-bond donors (Lipinski definition) is 1. The lowest BCUT2D eigenvalue weighted by Gasteiger charge is -2.21. The third-order valence-electron chi connectivity index (χ3n) is 3.76. The summed E-state index contributed by atoms with van der Waals surface area (Å²) in [7, 11) is 0. The van der Waals surface area contributed by atoms with Crippen LogP contribution < -0.4 is 11.2 Å². The zero-order valence-corrected chi connectivity index (χ0v) is 11.0. The van der Waals surface area contributed by atoms with Crippen LogP contribution in [0, 0.1) is 5.92 Å². The van der Waals surface area contributed by atoms with E-state index in [0.29, 0.717) is 22.7 Å². The number of fused-ring (bicyclic) bond motifs is 1. The predicted octanol–water partition coefficient (Wildman–Crippen LogP) is 2.33. The molecule has 0 saturated heterocycles. The van der Waals surface area contributed by atoms with Crippen LogP contribution in [-0.2, 0) is 6.54 Å². The second-order valence-corrected chi connectivity index (χ2v) is 5.93. The monoisotopic (exact) mass is 264 g/mol. The first kappa shape index (κ1) is 11.7. The minimum atomic E-state index is -0.267. The van der Waals surface area contributed by atoms with Crippen molar-refractivity contribution in [3.63, 3.8) is 0 Å². The van der Waals surface area contributed by atoms with Crippen molar-refractivity contribution < 1.29 is 0 Å². The van der Waals surface area contributed by atoms with E-state index >= 15 is 0 Å². The average molecular weight is 264 g/mol. The molecule has 2 aromatic heterocycles. The lowest BCUT2D eigenvalue weighted by atomic mass is 9.89. The normalized spacial score (nSPS) is 17.3. The summed E-state index contributed by atoms with van der Waals surface area (Å²) in [6, 6.07) is 1.79. The quantitative estimate of drug-likeness (QED) is 0.905. The number of H-pyrrole nitrogens is 1. The second-order valence-electron chi connectivity index (χ2n) is 5.01. The highest BCUT2D eigenvalue weighted by molar-refractivity contribution is 7.17. The van der Waals surface area contributed by atoms with Gasteiger partial charge in [0.1, 0.15) is 4.70 Å². The minimum Gasteiger partial charge on any atom is -0.306 e. The Morgan fingerprint density at radius 1 is 1.28 bits per heavy atom. The fraction of sp³-hybridized carbons (Fsp3) is 0.538. The van der Waals surface area contributed by atoms with Gasteiger partial charge in [-0.15, -0.1) is 11.3 Å². The molecule has 1 N–H and O–H groups in total. The van der Waals surface area contributed by atoms with Crippen molar-refractivity contribution in [2.24, 2.45) is 5.92 Å². The molecule has 0 spiro atoms. The Morgan fingerprint density at radius 3 is 2.83 bits per heavy atom. The summed E-state index contributed by atoms with van der Waals surface area (Å²) in [5.74, 6) is 0.481. The number of thiophene rings is 1. The Balaban J connectivity index is 2.00. The van der Waals surface area contributed by atoms with Crippen molar-refractivity contribution in [1.29, 1.82) is 0 Å². The molecule has 96 valence electrons. The van der Waals surface area contributed by atoms with Crippen molar-refractivity contribution in [3.05, 3.63) is 32.3 Å².